The summed E-state index contributed by atoms with van der Waals surface area (Å²) >= 11 is 0. The summed E-state index contributed by atoms with van der Waals surface area (Å²) in [6.07, 6.45) is 0. The van der Waals surface area contributed by atoms with Gasteiger partial charge in [0, 0.05) is 32.0 Å². The molecule has 1 aromatic rings. The minimum Gasteiger partial charge on any atom is -0.493 e. The number of ether oxygens (including phenoxy) is 2. The van der Waals surface area contributed by atoms with Gasteiger partial charge in [0.1, 0.15) is 12.4 Å². The van der Waals surface area contributed by atoms with E-state index in [4.69, 9.17) is 9.47 Å². The quantitative estimate of drug-likeness (QED) is 0.677. The molecular formula is C15H23NO3. The highest BCUT2D eigenvalue weighted by Crippen LogP contribution is 2.26. The van der Waals surface area contributed by atoms with E-state index in [2.05, 4.69) is 18.7 Å². The maximum Gasteiger partial charge on any atom is 0.192 e. The van der Waals surface area contributed by atoms with E-state index in [1.54, 1.807) is 0 Å². The first-order chi connectivity index (χ1) is 9.17. The smallest absolute Gasteiger partial charge is 0.192 e. The Morgan fingerprint density at radius 3 is 2.42 bits per heavy atom. The number of benzene rings is 1. The number of Topliss-reactive ketones (excluding diaryl/α,β-unsaturated/α-hetero) is 1. The zero-order valence-corrected chi connectivity index (χ0v) is 12.2. The van der Waals surface area contributed by atoms with Crippen molar-refractivity contribution in [2.75, 3.05) is 38.3 Å². The van der Waals surface area contributed by atoms with Crippen LogP contribution in [0.2, 0.25) is 0 Å². The lowest BCUT2D eigenvalue weighted by atomic mass is 10.1. The van der Waals surface area contributed by atoms with Crippen molar-refractivity contribution in [2.24, 2.45) is 0 Å². The molecule has 0 aromatic heterocycles. The Labute approximate surface area is 115 Å². The molecule has 106 valence electrons. The van der Waals surface area contributed by atoms with Crippen LogP contribution in [-0.2, 0) is 4.74 Å². The van der Waals surface area contributed by atoms with Gasteiger partial charge in [0.2, 0.25) is 0 Å². The number of carbonyl (C=O) groups is 1. The molecule has 4 heteroatoms. The van der Waals surface area contributed by atoms with Crippen molar-refractivity contribution in [1.82, 2.24) is 0 Å². The number of rotatable bonds is 8. The highest BCUT2D eigenvalue weighted by Gasteiger charge is 2.14. The van der Waals surface area contributed by atoms with Gasteiger partial charge in [-0.1, -0.05) is 0 Å². The number of ketones is 1. The van der Waals surface area contributed by atoms with E-state index < -0.39 is 0 Å². The molecular weight excluding hydrogens is 242 g/mol. The van der Waals surface area contributed by atoms with E-state index in [0.717, 1.165) is 18.8 Å². The predicted octanol–water partition coefficient (Wildman–Crippen LogP) is 2.76. The summed E-state index contributed by atoms with van der Waals surface area (Å²) < 4.78 is 10.5. The van der Waals surface area contributed by atoms with Gasteiger partial charge in [-0.2, -0.15) is 0 Å². The summed E-state index contributed by atoms with van der Waals surface area (Å²) in [6, 6.07) is 5.71. The Bertz CT molecular complexity index is 414. The molecule has 0 atom stereocenters. The van der Waals surface area contributed by atoms with Crippen LogP contribution in [0.4, 0.5) is 5.69 Å². The second-order valence-electron chi connectivity index (χ2n) is 4.14. The zero-order chi connectivity index (χ0) is 14.3. The lowest BCUT2D eigenvalue weighted by molar-refractivity contribution is 0.0844. The molecule has 0 unspecified atom stereocenters. The Morgan fingerprint density at radius 2 is 1.89 bits per heavy atom. The second-order valence-corrected chi connectivity index (χ2v) is 4.14. The fraction of sp³-hybridized carbons (Fsp3) is 0.533. The molecule has 0 aliphatic rings. The standard InChI is InChI=1S/C15H23NO3/c1-5-16(6-2)12-8-9-13(14(17)11-18-4)15(10-12)19-7-3/h8-10H,5-7,11H2,1-4H3. The highest BCUT2D eigenvalue weighted by molar-refractivity contribution is 6.00. The molecule has 0 saturated heterocycles. The lowest BCUT2D eigenvalue weighted by Gasteiger charge is -2.22. The maximum absolute atomic E-state index is 11.9. The molecule has 0 fully saturated rings. The van der Waals surface area contributed by atoms with Crippen molar-refractivity contribution >= 4 is 11.5 Å². The fourth-order valence-electron chi connectivity index (χ4n) is 2.01. The molecule has 1 rings (SSSR count). The molecule has 0 N–H and O–H groups in total. The van der Waals surface area contributed by atoms with Crippen LogP contribution in [0, 0.1) is 0 Å². The summed E-state index contributed by atoms with van der Waals surface area (Å²) in [5.41, 5.74) is 1.65. The number of methoxy groups -OCH3 is 1. The minimum absolute atomic E-state index is 0.0583. The van der Waals surface area contributed by atoms with Crippen molar-refractivity contribution in [1.29, 1.82) is 0 Å². The van der Waals surface area contributed by atoms with Crippen LogP contribution in [0.1, 0.15) is 31.1 Å². The van der Waals surface area contributed by atoms with Crippen molar-refractivity contribution in [3.63, 3.8) is 0 Å². The van der Waals surface area contributed by atoms with Crippen LogP contribution >= 0.6 is 0 Å². The summed E-state index contributed by atoms with van der Waals surface area (Å²) in [4.78, 5) is 14.2. The number of anilines is 1. The van der Waals surface area contributed by atoms with Crippen molar-refractivity contribution < 1.29 is 14.3 Å². The summed E-state index contributed by atoms with van der Waals surface area (Å²) in [5.74, 6) is 0.575. The van der Waals surface area contributed by atoms with Crippen molar-refractivity contribution in [2.45, 2.75) is 20.8 Å². The SMILES string of the molecule is CCOc1cc(N(CC)CC)ccc1C(=O)COC. The van der Waals surface area contributed by atoms with Crippen LogP contribution in [0.3, 0.4) is 0 Å². The van der Waals surface area contributed by atoms with E-state index in [0.29, 0.717) is 17.9 Å². The third kappa shape index (κ3) is 3.96. The lowest BCUT2D eigenvalue weighted by Crippen LogP contribution is -2.22. The second kappa shape index (κ2) is 7.79. The average Bonchev–Trinajstić information content (AvgIpc) is 2.41. The Kier molecular flexibility index (Phi) is 6.36. The van der Waals surface area contributed by atoms with Gasteiger partial charge in [0.25, 0.3) is 0 Å². The molecule has 0 heterocycles. The molecule has 0 saturated carbocycles. The molecule has 0 aliphatic heterocycles. The van der Waals surface area contributed by atoms with Crippen LogP contribution in [0.5, 0.6) is 5.75 Å². The van der Waals surface area contributed by atoms with Crippen molar-refractivity contribution in [3.8, 4) is 5.75 Å². The minimum atomic E-state index is -0.0583. The van der Waals surface area contributed by atoms with Crippen LogP contribution in [-0.4, -0.2) is 39.2 Å². The molecule has 0 radical (unpaired) electrons. The number of hydrogen-bond acceptors (Lipinski definition) is 4. The third-order valence-corrected chi connectivity index (χ3v) is 2.97. The molecule has 0 bridgehead atoms. The number of carbonyl (C=O) groups excluding carboxylic acids is 1. The first kappa shape index (κ1) is 15.5. The van der Waals surface area contributed by atoms with Gasteiger partial charge in [-0.15, -0.1) is 0 Å². The van der Waals surface area contributed by atoms with Gasteiger partial charge in [0.05, 0.1) is 12.2 Å². The van der Waals surface area contributed by atoms with E-state index >= 15 is 0 Å². The van der Waals surface area contributed by atoms with E-state index in [-0.39, 0.29) is 12.4 Å². The summed E-state index contributed by atoms with van der Waals surface area (Å²) in [7, 11) is 1.52. The molecule has 19 heavy (non-hydrogen) atoms. The molecule has 1 aromatic carbocycles. The monoisotopic (exact) mass is 265 g/mol. The van der Waals surface area contributed by atoms with Crippen LogP contribution in [0.25, 0.3) is 0 Å². The average molecular weight is 265 g/mol. The molecule has 0 spiro atoms. The topological polar surface area (TPSA) is 38.8 Å². The molecule has 0 amide bonds. The van der Waals surface area contributed by atoms with E-state index in [1.165, 1.54) is 7.11 Å². The normalized spacial score (nSPS) is 10.3. The first-order valence-corrected chi connectivity index (χ1v) is 6.71. The third-order valence-electron chi connectivity index (χ3n) is 2.97. The van der Waals surface area contributed by atoms with Gasteiger partial charge < -0.3 is 14.4 Å². The Morgan fingerprint density at radius 1 is 1.21 bits per heavy atom. The van der Waals surface area contributed by atoms with Gasteiger partial charge in [0.15, 0.2) is 5.78 Å². The maximum atomic E-state index is 11.9. The Hall–Kier alpha value is -1.55. The van der Waals surface area contributed by atoms with Gasteiger partial charge in [-0.3, -0.25) is 4.79 Å². The van der Waals surface area contributed by atoms with E-state index in [1.807, 2.05) is 25.1 Å². The highest BCUT2D eigenvalue weighted by atomic mass is 16.5. The zero-order valence-electron chi connectivity index (χ0n) is 12.2. The first-order valence-electron chi connectivity index (χ1n) is 6.71. The van der Waals surface area contributed by atoms with Gasteiger partial charge >= 0.3 is 0 Å². The molecule has 4 nitrogen and oxygen atoms in total. The van der Waals surface area contributed by atoms with Crippen molar-refractivity contribution in [3.05, 3.63) is 23.8 Å². The van der Waals surface area contributed by atoms with Gasteiger partial charge in [-0.05, 0) is 32.9 Å². The molecule has 0 aliphatic carbocycles. The van der Waals surface area contributed by atoms with E-state index in [9.17, 15) is 4.79 Å². The Balaban J connectivity index is 3.09. The van der Waals surface area contributed by atoms with Gasteiger partial charge in [-0.25, -0.2) is 0 Å². The largest absolute Gasteiger partial charge is 0.493 e. The number of nitrogens with zero attached hydrogens (tertiary/aromatic N) is 1. The fourth-order valence-corrected chi connectivity index (χ4v) is 2.01. The predicted molar refractivity (Wildman–Crippen MR) is 77.4 cm³/mol. The summed E-state index contributed by atoms with van der Waals surface area (Å²) in [5, 5.41) is 0. The summed E-state index contributed by atoms with van der Waals surface area (Å²) in [6.45, 7) is 8.58. The van der Waals surface area contributed by atoms with Crippen LogP contribution in [0.15, 0.2) is 18.2 Å². The number of hydrogen-bond donors (Lipinski definition) is 0. The van der Waals surface area contributed by atoms with Crippen LogP contribution < -0.4 is 9.64 Å².